The number of rotatable bonds is 18. The second kappa shape index (κ2) is 23.9. The van der Waals surface area contributed by atoms with Gasteiger partial charge in [0.25, 0.3) is 0 Å². The molecule has 378 valence electrons. The van der Waals surface area contributed by atoms with Crippen molar-refractivity contribution in [2.24, 2.45) is 10.8 Å². The molecule has 2 heterocycles. The zero-order valence-corrected chi connectivity index (χ0v) is 43.0. The molecular weight excluding hydrogens is 930 g/mol. The van der Waals surface area contributed by atoms with Crippen LogP contribution >= 0.6 is 23.2 Å². The predicted octanol–water partition coefficient (Wildman–Crippen LogP) is 9.59. The third-order valence-electron chi connectivity index (χ3n) is 13.7. The second-order valence-electron chi connectivity index (χ2n) is 19.6. The third-order valence-corrected chi connectivity index (χ3v) is 14.3. The van der Waals surface area contributed by atoms with Crippen molar-refractivity contribution < 1.29 is 47.5 Å². The number of aliphatic hydroxyl groups is 2. The molecule has 4 aromatic carbocycles. The summed E-state index contributed by atoms with van der Waals surface area (Å²) in [4.78, 5) is 30.8. The van der Waals surface area contributed by atoms with Gasteiger partial charge in [-0.05, 0) is 73.2 Å². The van der Waals surface area contributed by atoms with Crippen molar-refractivity contribution >= 4 is 46.5 Å². The van der Waals surface area contributed by atoms with Gasteiger partial charge in [0.05, 0.1) is 60.1 Å². The number of piperidine rings is 2. The van der Waals surface area contributed by atoms with Gasteiger partial charge in [-0.25, -0.2) is 18.4 Å². The number of nitrogens with one attached hydrogen (secondary N) is 1. The van der Waals surface area contributed by atoms with E-state index < -0.39 is 23.1 Å². The average Bonchev–Trinajstić information content (AvgIpc) is 3.30. The number of methoxy groups -OCH3 is 2. The van der Waals surface area contributed by atoms with Gasteiger partial charge >= 0.3 is 11.9 Å². The number of hydrogen-bond acceptors (Lipinski definition) is 12. The Balaban J connectivity index is 0.000000258. The number of carbonyl (C=O) groups excluding carboxylic acids is 2. The van der Waals surface area contributed by atoms with Crippen LogP contribution in [0, 0.1) is 22.5 Å². The Morgan fingerprint density at radius 1 is 0.681 bits per heavy atom. The lowest BCUT2D eigenvalue weighted by atomic mass is 9.67. The van der Waals surface area contributed by atoms with Gasteiger partial charge in [-0.3, -0.25) is 0 Å². The SMILES string of the molecule is CNc1cc(OCCCN2CCC(O)(Cc3ccc(F)cc3)C(C)(C)C2)c(C(=O)OC)cc1Cl.COC(=O)c1cc(Cl)c(N(C)C)cc1OCCCN1CCC(O)(Cc2ccc(F)cc2)C(C)(C)C1. The molecule has 3 N–H and O–H groups in total. The summed E-state index contributed by atoms with van der Waals surface area (Å²) in [5.74, 6) is -0.673. The van der Waals surface area contributed by atoms with Crippen molar-refractivity contribution in [3.8, 4) is 11.5 Å². The molecule has 0 amide bonds. The number of anilines is 2. The molecule has 12 nitrogen and oxygen atoms in total. The number of benzene rings is 4. The standard InChI is InChI=1S/C27H36ClFN2O4.C26H34ClFN2O4/c1-26(2)18-31(13-11-27(26,33)17-19-7-9-20(29)10-8-19)12-6-14-35-24-16-23(30(3)4)22(28)15-21(24)25(32)34-5;1-25(2)17-30(12-10-26(25,32)16-18-6-8-19(28)9-7-18)11-5-13-34-23-15-22(29-3)21(27)14-20(23)24(31)33-4/h7-10,15-16,33H,6,11-14,17-18H2,1-5H3;6-9,14-15,29,32H,5,10-13,16-17H2,1-4H3. The molecular formula is C53H70Cl2F2N4O8. The molecule has 6 rings (SSSR count). The van der Waals surface area contributed by atoms with Crippen molar-refractivity contribution in [1.29, 1.82) is 0 Å². The normalized spacial score (nSPS) is 20.0. The van der Waals surface area contributed by atoms with Gasteiger partial charge < -0.3 is 49.2 Å². The summed E-state index contributed by atoms with van der Waals surface area (Å²) in [5.41, 5.74) is 1.49. The summed E-state index contributed by atoms with van der Waals surface area (Å²) in [5, 5.41) is 26.7. The summed E-state index contributed by atoms with van der Waals surface area (Å²) >= 11 is 12.5. The molecule has 4 aromatic rings. The molecule has 2 unspecified atom stereocenters. The fourth-order valence-corrected chi connectivity index (χ4v) is 9.79. The summed E-state index contributed by atoms with van der Waals surface area (Å²) in [6.45, 7) is 13.8. The first-order valence-corrected chi connectivity index (χ1v) is 24.1. The minimum Gasteiger partial charge on any atom is -0.493 e. The van der Waals surface area contributed by atoms with Crippen LogP contribution in [-0.4, -0.2) is 131 Å². The van der Waals surface area contributed by atoms with Crippen LogP contribution < -0.4 is 19.7 Å². The van der Waals surface area contributed by atoms with Gasteiger partial charge in [0.15, 0.2) is 0 Å². The topological polar surface area (TPSA) is 133 Å². The highest BCUT2D eigenvalue weighted by Gasteiger charge is 2.48. The van der Waals surface area contributed by atoms with E-state index in [1.54, 1.807) is 55.6 Å². The van der Waals surface area contributed by atoms with Crippen LogP contribution in [0.4, 0.5) is 20.2 Å². The van der Waals surface area contributed by atoms with Crippen LogP contribution in [-0.2, 0) is 22.3 Å². The Labute approximate surface area is 416 Å². The zero-order valence-electron chi connectivity index (χ0n) is 41.5. The summed E-state index contributed by atoms with van der Waals surface area (Å²) in [6.07, 6.45) is 3.77. The highest BCUT2D eigenvalue weighted by molar-refractivity contribution is 6.34. The van der Waals surface area contributed by atoms with Gasteiger partial charge in [0, 0.05) is 96.2 Å². The lowest BCUT2D eigenvalue weighted by Gasteiger charge is -2.50. The minimum absolute atomic E-state index is 0.271. The second-order valence-corrected chi connectivity index (χ2v) is 20.5. The maximum Gasteiger partial charge on any atom is 0.341 e. The van der Waals surface area contributed by atoms with E-state index in [1.165, 1.54) is 38.5 Å². The monoisotopic (exact) mass is 998 g/mol. The number of likely N-dealkylation sites (tertiary alicyclic amines) is 2. The highest BCUT2D eigenvalue weighted by atomic mass is 35.5. The largest absolute Gasteiger partial charge is 0.493 e. The Hall–Kier alpha value is -4.70. The van der Waals surface area contributed by atoms with Crippen molar-refractivity contribution in [3.05, 3.63) is 117 Å². The first-order chi connectivity index (χ1) is 32.5. The molecule has 2 fully saturated rings. The molecule has 69 heavy (non-hydrogen) atoms. The molecule has 0 spiro atoms. The quantitative estimate of drug-likeness (QED) is 0.0648. The molecule has 2 atom stereocenters. The Kier molecular flexibility index (Phi) is 19.2. The van der Waals surface area contributed by atoms with E-state index in [4.69, 9.17) is 42.1 Å². The summed E-state index contributed by atoms with van der Waals surface area (Å²) < 4.78 is 48.1. The predicted molar refractivity (Wildman–Crippen MR) is 269 cm³/mol. The number of esters is 2. The van der Waals surface area contributed by atoms with E-state index in [0.717, 1.165) is 68.9 Å². The minimum atomic E-state index is -0.862. The molecule has 0 saturated carbocycles. The number of nitrogens with zero attached hydrogens (tertiary/aromatic N) is 3. The van der Waals surface area contributed by atoms with E-state index in [1.807, 2.05) is 19.0 Å². The van der Waals surface area contributed by atoms with Crippen LogP contribution in [0.15, 0.2) is 72.8 Å². The van der Waals surface area contributed by atoms with Crippen LogP contribution in [0.1, 0.15) is 85.2 Å². The van der Waals surface area contributed by atoms with E-state index in [-0.39, 0.29) is 28.0 Å². The Morgan fingerprint density at radius 3 is 1.46 bits per heavy atom. The Bertz CT molecular complexity index is 2350. The molecule has 2 aliphatic rings. The van der Waals surface area contributed by atoms with Crippen molar-refractivity contribution in [2.45, 2.75) is 77.4 Å². The average molecular weight is 1000 g/mol. The molecule has 0 bridgehead atoms. The van der Waals surface area contributed by atoms with Crippen molar-refractivity contribution in [1.82, 2.24) is 9.80 Å². The number of carbonyl (C=O) groups is 2. The van der Waals surface area contributed by atoms with E-state index >= 15 is 0 Å². The van der Waals surface area contributed by atoms with Crippen LogP contribution in [0.25, 0.3) is 0 Å². The number of hydrogen-bond donors (Lipinski definition) is 3. The van der Waals surface area contributed by atoms with E-state index in [9.17, 15) is 28.6 Å². The Morgan fingerprint density at radius 2 is 1.09 bits per heavy atom. The highest BCUT2D eigenvalue weighted by Crippen LogP contribution is 2.43. The van der Waals surface area contributed by atoms with Crippen LogP contribution in [0.5, 0.6) is 11.5 Å². The van der Waals surface area contributed by atoms with Gasteiger partial charge in [0.1, 0.15) is 34.3 Å². The summed E-state index contributed by atoms with van der Waals surface area (Å²) in [7, 11) is 8.14. The van der Waals surface area contributed by atoms with E-state index in [0.29, 0.717) is 71.7 Å². The smallest absolute Gasteiger partial charge is 0.341 e. The lowest BCUT2D eigenvalue weighted by molar-refractivity contribution is -0.118. The molecule has 16 heteroatoms. The van der Waals surface area contributed by atoms with Gasteiger partial charge in [-0.15, -0.1) is 0 Å². The van der Waals surface area contributed by atoms with Gasteiger partial charge in [0.2, 0.25) is 0 Å². The maximum absolute atomic E-state index is 13.3. The lowest BCUT2D eigenvalue weighted by Crippen LogP contribution is -2.58. The first-order valence-electron chi connectivity index (χ1n) is 23.4. The van der Waals surface area contributed by atoms with Crippen molar-refractivity contribution in [3.63, 3.8) is 0 Å². The number of ether oxygens (including phenoxy) is 4. The van der Waals surface area contributed by atoms with Gasteiger partial charge in [-0.2, -0.15) is 0 Å². The molecule has 0 aromatic heterocycles. The van der Waals surface area contributed by atoms with E-state index in [2.05, 4.69) is 42.8 Å². The first kappa shape index (κ1) is 55.2. The third kappa shape index (κ3) is 14.2. The van der Waals surface area contributed by atoms with Crippen LogP contribution in [0.2, 0.25) is 10.0 Å². The number of halogens is 4. The summed E-state index contributed by atoms with van der Waals surface area (Å²) in [6, 6.07) is 19.3. The molecule has 0 aliphatic carbocycles. The molecule has 0 radical (unpaired) electrons. The molecule has 2 aliphatic heterocycles. The zero-order chi connectivity index (χ0) is 50.7. The fourth-order valence-electron chi connectivity index (χ4n) is 9.20. The van der Waals surface area contributed by atoms with Gasteiger partial charge in [-0.1, -0.05) is 75.2 Å². The van der Waals surface area contributed by atoms with Crippen molar-refractivity contribution in [2.75, 3.05) is 98.1 Å². The fraction of sp³-hybridized carbons (Fsp3) is 0.509. The van der Waals surface area contributed by atoms with Crippen LogP contribution in [0.3, 0.4) is 0 Å². The molecule has 2 saturated heterocycles. The maximum atomic E-state index is 13.3.